The second kappa shape index (κ2) is 6.08. The number of hydrogen-bond donors (Lipinski definition) is 2. The summed E-state index contributed by atoms with van der Waals surface area (Å²) < 4.78 is 21.4. The van der Waals surface area contributed by atoms with Crippen molar-refractivity contribution in [2.75, 3.05) is 7.11 Å². The maximum absolute atomic E-state index is 9.72. The lowest BCUT2D eigenvalue weighted by atomic mass is 10.3. The van der Waals surface area contributed by atoms with Crippen molar-refractivity contribution >= 4 is 33.0 Å². The zero-order chi connectivity index (χ0) is 13.9. The van der Waals surface area contributed by atoms with E-state index in [0.29, 0.717) is 0 Å². The van der Waals surface area contributed by atoms with Gasteiger partial charge < -0.3 is 27.0 Å². The summed E-state index contributed by atoms with van der Waals surface area (Å²) >= 11 is 0. The van der Waals surface area contributed by atoms with E-state index in [1.54, 1.807) is 39.3 Å². The molecule has 0 radical (unpaired) electrons. The van der Waals surface area contributed by atoms with Gasteiger partial charge >= 0.3 is 33.0 Å². The molecule has 0 spiro atoms. The van der Waals surface area contributed by atoms with Crippen LogP contribution in [-0.4, -0.2) is 49.7 Å². The molecule has 0 aromatic carbocycles. The molecule has 10 heteroatoms. The Morgan fingerprint density at radius 2 is 1.29 bits per heavy atom. The summed E-state index contributed by atoms with van der Waals surface area (Å²) in [5.74, 6) is 0. The van der Waals surface area contributed by atoms with Gasteiger partial charge in [-0.3, -0.25) is 0 Å². The fourth-order valence-electron chi connectivity index (χ4n) is 1.21. The van der Waals surface area contributed by atoms with Crippen LogP contribution in [0.5, 0.6) is 0 Å². The highest BCUT2D eigenvalue weighted by molar-refractivity contribution is 6.81. The molecule has 2 N–H and O–H groups in total. The predicted molar refractivity (Wildman–Crippen MR) is 72.9 cm³/mol. The maximum atomic E-state index is 9.72. The van der Waals surface area contributed by atoms with Crippen molar-refractivity contribution in [1.29, 1.82) is 0 Å². The van der Waals surface area contributed by atoms with Gasteiger partial charge in [0.2, 0.25) is 0 Å². The molecule has 0 saturated carbocycles. The van der Waals surface area contributed by atoms with E-state index in [1.165, 1.54) is 7.11 Å². The van der Waals surface area contributed by atoms with Crippen LogP contribution >= 0.6 is 0 Å². The van der Waals surface area contributed by atoms with Crippen molar-refractivity contribution < 1.29 is 27.0 Å². The molecule has 0 amide bonds. The smallest absolute Gasteiger partial charge is 0.416 e. The summed E-state index contributed by atoms with van der Waals surface area (Å²) in [5.41, 5.74) is 0. The highest BCUT2D eigenvalue weighted by atomic mass is 28.5. The normalized spacial score (nSPS) is 13.9. The van der Waals surface area contributed by atoms with Crippen LogP contribution in [-0.2, 0) is 17.5 Å². The topological polar surface area (TPSA) is 77.4 Å². The van der Waals surface area contributed by atoms with Crippen molar-refractivity contribution in [2.45, 2.75) is 39.3 Å². The molecule has 0 aliphatic heterocycles. The van der Waals surface area contributed by atoms with Gasteiger partial charge in [0.25, 0.3) is 0 Å². The summed E-state index contributed by atoms with van der Waals surface area (Å²) in [6, 6.07) is 0. The summed E-state index contributed by atoms with van der Waals surface area (Å²) in [5, 5.41) is 0. The van der Waals surface area contributed by atoms with Crippen molar-refractivity contribution in [3.8, 4) is 0 Å². The van der Waals surface area contributed by atoms with Crippen molar-refractivity contribution in [3.05, 3.63) is 0 Å². The van der Waals surface area contributed by atoms with Crippen LogP contribution in [0.2, 0.25) is 39.3 Å². The third kappa shape index (κ3) is 10.1. The quantitative estimate of drug-likeness (QED) is 0.676. The lowest BCUT2D eigenvalue weighted by Gasteiger charge is -2.32. The van der Waals surface area contributed by atoms with Gasteiger partial charge in [-0.15, -0.1) is 0 Å². The standard InChI is InChI=1S/C7H23BO6Si3/c1-11-8(12-15(2,3)9)13-17(6,7)14-16(4,5)10/h9-10H,1-7H3. The fourth-order valence-corrected chi connectivity index (χ4v) is 7.54. The molecule has 0 aromatic heterocycles. The van der Waals surface area contributed by atoms with Crippen LogP contribution in [0.1, 0.15) is 0 Å². The molecule has 102 valence electrons. The Bertz CT molecular complexity index is 239. The predicted octanol–water partition coefficient (Wildman–Crippen LogP) is 0.757. The van der Waals surface area contributed by atoms with E-state index in [0.717, 1.165) is 0 Å². The van der Waals surface area contributed by atoms with Crippen LogP contribution < -0.4 is 0 Å². The Balaban J connectivity index is 4.45. The fraction of sp³-hybridized carbons (Fsp3) is 1.00. The third-order valence-electron chi connectivity index (χ3n) is 1.45. The molecule has 0 heterocycles. The lowest BCUT2D eigenvalue weighted by Crippen LogP contribution is -2.52. The Kier molecular flexibility index (Phi) is 6.25. The summed E-state index contributed by atoms with van der Waals surface area (Å²) in [7, 11) is -7.47. The molecule has 0 bridgehead atoms. The second-order valence-corrected chi connectivity index (χ2v) is 15.0. The summed E-state index contributed by atoms with van der Waals surface area (Å²) in [6.45, 7) is 10.1. The Morgan fingerprint density at radius 3 is 1.59 bits per heavy atom. The minimum Gasteiger partial charge on any atom is -0.416 e. The third-order valence-corrected chi connectivity index (χ3v) is 6.95. The van der Waals surface area contributed by atoms with E-state index in [9.17, 15) is 9.59 Å². The first-order chi connectivity index (χ1) is 7.35. The molecule has 0 atom stereocenters. The van der Waals surface area contributed by atoms with Crippen LogP contribution in [0.25, 0.3) is 0 Å². The molecular formula is C7H23BO6Si3. The van der Waals surface area contributed by atoms with Gasteiger partial charge in [0.05, 0.1) is 0 Å². The lowest BCUT2D eigenvalue weighted by molar-refractivity contribution is 0.199. The SMILES string of the molecule is COB(O[Si](C)(C)O)O[Si](C)(C)O[Si](C)(C)O. The monoisotopic (exact) mass is 298 g/mol. The molecule has 0 aliphatic rings. The van der Waals surface area contributed by atoms with E-state index in [4.69, 9.17) is 17.5 Å². The number of rotatable bonds is 7. The van der Waals surface area contributed by atoms with E-state index in [1.807, 2.05) is 0 Å². The van der Waals surface area contributed by atoms with Gasteiger partial charge in [-0.2, -0.15) is 0 Å². The first kappa shape index (κ1) is 17.5. The largest absolute Gasteiger partial charge is 0.620 e. The minimum atomic E-state index is -2.73. The number of hydrogen-bond acceptors (Lipinski definition) is 6. The van der Waals surface area contributed by atoms with Crippen LogP contribution in [0, 0.1) is 0 Å². The van der Waals surface area contributed by atoms with Gasteiger partial charge in [0.15, 0.2) is 0 Å². The minimum absolute atomic E-state index is 0.959. The zero-order valence-electron chi connectivity index (χ0n) is 11.6. The van der Waals surface area contributed by atoms with Gasteiger partial charge in [-0.1, -0.05) is 0 Å². The Hall–Kier alpha value is 0.476. The molecule has 0 fully saturated rings. The molecule has 0 unspecified atom stereocenters. The van der Waals surface area contributed by atoms with Crippen molar-refractivity contribution in [2.24, 2.45) is 0 Å². The average molecular weight is 298 g/mol. The van der Waals surface area contributed by atoms with Gasteiger partial charge in [-0.25, -0.2) is 0 Å². The Labute approximate surface area is 107 Å². The van der Waals surface area contributed by atoms with Gasteiger partial charge in [-0.05, 0) is 39.3 Å². The van der Waals surface area contributed by atoms with E-state index in [2.05, 4.69) is 0 Å². The highest BCUT2D eigenvalue weighted by Crippen LogP contribution is 2.16. The van der Waals surface area contributed by atoms with Gasteiger partial charge in [0, 0.05) is 7.11 Å². The van der Waals surface area contributed by atoms with Crippen LogP contribution in [0.3, 0.4) is 0 Å². The van der Waals surface area contributed by atoms with E-state index in [-0.39, 0.29) is 0 Å². The average Bonchev–Trinajstić information content (AvgIpc) is 1.94. The molecular weight excluding hydrogens is 275 g/mol. The Morgan fingerprint density at radius 1 is 0.824 bits per heavy atom. The molecule has 17 heavy (non-hydrogen) atoms. The van der Waals surface area contributed by atoms with Crippen LogP contribution in [0.15, 0.2) is 0 Å². The molecule has 6 nitrogen and oxygen atoms in total. The van der Waals surface area contributed by atoms with E-state index < -0.39 is 33.0 Å². The van der Waals surface area contributed by atoms with Gasteiger partial charge in [0.1, 0.15) is 0 Å². The second-order valence-electron chi connectivity index (χ2n) is 5.16. The van der Waals surface area contributed by atoms with E-state index >= 15 is 0 Å². The summed E-state index contributed by atoms with van der Waals surface area (Å²) in [4.78, 5) is 19.4. The molecule has 0 aromatic rings. The molecule has 0 saturated heterocycles. The van der Waals surface area contributed by atoms with Crippen LogP contribution in [0.4, 0.5) is 0 Å². The first-order valence-electron chi connectivity index (χ1n) is 5.38. The maximum Gasteiger partial charge on any atom is 0.620 e. The molecule has 0 rings (SSSR count). The van der Waals surface area contributed by atoms with Crippen molar-refractivity contribution in [3.63, 3.8) is 0 Å². The zero-order valence-corrected chi connectivity index (χ0v) is 14.6. The summed E-state index contributed by atoms with van der Waals surface area (Å²) in [6.07, 6.45) is 0. The molecule has 0 aliphatic carbocycles. The highest BCUT2D eigenvalue weighted by Gasteiger charge is 2.41. The first-order valence-corrected chi connectivity index (χ1v) is 13.9. The van der Waals surface area contributed by atoms with Crippen molar-refractivity contribution in [1.82, 2.24) is 0 Å².